The van der Waals surface area contributed by atoms with E-state index in [4.69, 9.17) is 0 Å². The standard InChI is InChI=1S/C17H15N5O3/c1-2-21-15-6-4-12(9-14(15)18-19-21)17(23)20-8-7-11-3-5-13(22(24)25)10-16(11)20/h3-6,9-10H,2,7-8H2,1H3. The van der Waals surface area contributed by atoms with Crippen LogP contribution in [0.4, 0.5) is 11.4 Å². The van der Waals surface area contributed by atoms with Crippen LogP contribution in [0, 0.1) is 10.1 Å². The number of non-ortho nitro benzene ring substituents is 1. The molecule has 0 bridgehead atoms. The molecule has 1 amide bonds. The van der Waals surface area contributed by atoms with Crippen LogP contribution in [0.15, 0.2) is 36.4 Å². The van der Waals surface area contributed by atoms with E-state index < -0.39 is 4.92 Å². The molecule has 8 heteroatoms. The monoisotopic (exact) mass is 337 g/mol. The SMILES string of the molecule is CCn1nnc2cc(C(=O)N3CCc4ccc([N+](=O)[O-])cc43)ccc21. The Bertz CT molecular complexity index is 1010. The lowest BCUT2D eigenvalue weighted by atomic mass is 10.1. The van der Waals surface area contributed by atoms with Crippen LogP contribution in [0.2, 0.25) is 0 Å². The van der Waals surface area contributed by atoms with Crippen molar-refractivity contribution in [2.75, 3.05) is 11.4 Å². The first-order valence-electron chi connectivity index (χ1n) is 8.01. The van der Waals surface area contributed by atoms with Gasteiger partial charge in [-0.05, 0) is 37.1 Å². The number of benzene rings is 2. The summed E-state index contributed by atoms with van der Waals surface area (Å²) in [4.78, 5) is 25.1. The molecule has 0 fully saturated rings. The van der Waals surface area contributed by atoms with Gasteiger partial charge in [0.15, 0.2) is 0 Å². The molecule has 0 unspecified atom stereocenters. The average molecular weight is 337 g/mol. The molecule has 3 aromatic rings. The third-order valence-electron chi connectivity index (χ3n) is 4.48. The molecule has 0 spiro atoms. The van der Waals surface area contributed by atoms with Crippen LogP contribution in [-0.4, -0.2) is 32.4 Å². The van der Waals surface area contributed by atoms with E-state index in [1.165, 1.54) is 12.1 Å². The summed E-state index contributed by atoms with van der Waals surface area (Å²) in [6.07, 6.45) is 0.688. The minimum absolute atomic E-state index is 0.0141. The zero-order valence-electron chi connectivity index (χ0n) is 13.5. The first-order chi connectivity index (χ1) is 12.1. The number of nitro benzene ring substituents is 1. The molecule has 8 nitrogen and oxygen atoms in total. The fraction of sp³-hybridized carbons (Fsp3) is 0.235. The first-order valence-corrected chi connectivity index (χ1v) is 8.01. The second-order valence-electron chi connectivity index (χ2n) is 5.89. The molecule has 0 saturated carbocycles. The summed E-state index contributed by atoms with van der Waals surface area (Å²) in [6.45, 7) is 3.18. The Hall–Kier alpha value is -3.29. The zero-order chi connectivity index (χ0) is 17.6. The Balaban J connectivity index is 1.71. The smallest absolute Gasteiger partial charge is 0.271 e. The Morgan fingerprint density at radius 1 is 1.28 bits per heavy atom. The van der Waals surface area contributed by atoms with Gasteiger partial charge in [0.2, 0.25) is 0 Å². The number of aromatic nitrogens is 3. The van der Waals surface area contributed by atoms with Gasteiger partial charge in [-0.1, -0.05) is 11.3 Å². The van der Waals surface area contributed by atoms with Crippen molar-refractivity contribution in [3.05, 3.63) is 57.6 Å². The summed E-state index contributed by atoms with van der Waals surface area (Å²) in [6, 6.07) is 9.95. The molecule has 25 heavy (non-hydrogen) atoms. The summed E-state index contributed by atoms with van der Waals surface area (Å²) in [5, 5.41) is 19.1. The maximum atomic E-state index is 12.9. The van der Waals surface area contributed by atoms with Gasteiger partial charge in [0.25, 0.3) is 11.6 Å². The van der Waals surface area contributed by atoms with E-state index >= 15 is 0 Å². The van der Waals surface area contributed by atoms with Crippen molar-refractivity contribution >= 4 is 28.3 Å². The molecule has 0 aliphatic carbocycles. The lowest BCUT2D eigenvalue weighted by Gasteiger charge is -2.17. The van der Waals surface area contributed by atoms with Crippen molar-refractivity contribution < 1.29 is 9.72 Å². The van der Waals surface area contributed by atoms with E-state index in [0.29, 0.717) is 36.3 Å². The van der Waals surface area contributed by atoms with E-state index in [9.17, 15) is 14.9 Å². The topological polar surface area (TPSA) is 94.2 Å². The van der Waals surface area contributed by atoms with E-state index in [0.717, 1.165) is 11.1 Å². The Kier molecular flexibility index (Phi) is 3.45. The number of nitrogens with zero attached hydrogens (tertiary/aromatic N) is 5. The molecule has 126 valence electrons. The van der Waals surface area contributed by atoms with Gasteiger partial charge >= 0.3 is 0 Å². The summed E-state index contributed by atoms with van der Waals surface area (Å²) in [5.74, 6) is -0.188. The number of hydrogen-bond donors (Lipinski definition) is 0. The molecule has 2 aromatic carbocycles. The second kappa shape index (κ2) is 5.66. The van der Waals surface area contributed by atoms with Crippen molar-refractivity contribution in [1.29, 1.82) is 0 Å². The van der Waals surface area contributed by atoms with Crippen LogP contribution in [0.1, 0.15) is 22.8 Å². The highest BCUT2D eigenvalue weighted by Crippen LogP contribution is 2.33. The molecule has 1 aliphatic heterocycles. The van der Waals surface area contributed by atoms with Gasteiger partial charge in [-0.25, -0.2) is 4.68 Å². The molecule has 0 N–H and O–H groups in total. The largest absolute Gasteiger partial charge is 0.307 e. The van der Waals surface area contributed by atoms with Gasteiger partial charge < -0.3 is 4.90 Å². The van der Waals surface area contributed by atoms with Gasteiger partial charge in [-0.3, -0.25) is 14.9 Å². The fourth-order valence-corrected chi connectivity index (χ4v) is 3.19. The Morgan fingerprint density at radius 3 is 2.88 bits per heavy atom. The van der Waals surface area contributed by atoms with Gasteiger partial charge in [0, 0.05) is 30.8 Å². The molecule has 2 heterocycles. The summed E-state index contributed by atoms with van der Waals surface area (Å²) >= 11 is 0. The second-order valence-corrected chi connectivity index (χ2v) is 5.89. The Morgan fingerprint density at radius 2 is 2.12 bits per heavy atom. The number of hydrogen-bond acceptors (Lipinski definition) is 5. The van der Waals surface area contributed by atoms with E-state index in [1.54, 1.807) is 27.8 Å². The van der Waals surface area contributed by atoms with Crippen LogP contribution in [0.5, 0.6) is 0 Å². The Labute approximate surface area is 142 Å². The van der Waals surface area contributed by atoms with Crippen LogP contribution in [0.25, 0.3) is 11.0 Å². The van der Waals surface area contributed by atoms with Crippen LogP contribution < -0.4 is 4.90 Å². The van der Waals surface area contributed by atoms with Gasteiger partial charge in [0.1, 0.15) is 5.52 Å². The highest BCUT2D eigenvalue weighted by Gasteiger charge is 2.27. The fourth-order valence-electron chi connectivity index (χ4n) is 3.19. The summed E-state index contributed by atoms with van der Waals surface area (Å²) in [5.41, 5.74) is 3.56. The van der Waals surface area contributed by atoms with Gasteiger partial charge in [-0.2, -0.15) is 0 Å². The van der Waals surface area contributed by atoms with Crippen LogP contribution in [-0.2, 0) is 13.0 Å². The summed E-state index contributed by atoms with van der Waals surface area (Å²) < 4.78 is 1.76. The molecular weight excluding hydrogens is 322 g/mol. The quantitative estimate of drug-likeness (QED) is 0.541. The number of anilines is 1. The number of amides is 1. The van der Waals surface area contributed by atoms with E-state index in [1.807, 2.05) is 13.0 Å². The minimum atomic E-state index is -0.448. The molecule has 1 aromatic heterocycles. The maximum Gasteiger partial charge on any atom is 0.271 e. The normalized spacial score (nSPS) is 13.2. The minimum Gasteiger partial charge on any atom is -0.307 e. The zero-order valence-corrected chi connectivity index (χ0v) is 13.5. The molecule has 0 atom stereocenters. The number of nitro groups is 1. The van der Waals surface area contributed by atoms with Gasteiger partial charge in [0.05, 0.1) is 16.1 Å². The molecule has 0 saturated heterocycles. The molecular formula is C17H15N5O3. The van der Waals surface area contributed by atoms with Crippen LogP contribution in [0.3, 0.4) is 0 Å². The van der Waals surface area contributed by atoms with Crippen molar-refractivity contribution in [1.82, 2.24) is 15.0 Å². The van der Waals surface area contributed by atoms with E-state index in [2.05, 4.69) is 10.3 Å². The molecule has 0 radical (unpaired) electrons. The molecule has 4 rings (SSSR count). The lowest BCUT2D eigenvalue weighted by Crippen LogP contribution is -2.28. The van der Waals surface area contributed by atoms with Crippen molar-refractivity contribution in [3.63, 3.8) is 0 Å². The average Bonchev–Trinajstić information content (AvgIpc) is 3.23. The number of carbonyl (C=O) groups is 1. The van der Waals surface area contributed by atoms with E-state index in [-0.39, 0.29) is 11.6 Å². The van der Waals surface area contributed by atoms with Crippen LogP contribution >= 0.6 is 0 Å². The number of rotatable bonds is 3. The third kappa shape index (κ3) is 2.42. The number of aryl methyl sites for hydroxylation is 1. The number of fused-ring (bicyclic) bond motifs is 2. The summed E-state index contributed by atoms with van der Waals surface area (Å²) in [7, 11) is 0. The predicted molar refractivity (Wildman–Crippen MR) is 91.7 cm³/mol. The first kappa shape index (κ1) is 15.3. The number of carbonyl (C=O) groups excluding carboxylic acids is 1. The highest BCUT2D eigenvalue weighted by molar-refractivity contribution is 6.08. The highest BCUT2D eigenvalue weighted by atomic mass is 16.6. The maximum absolute atomic E-state index is 12.9. The van der Waals surface area contributed by atoms with Crippen molar-refractivity contribution in [2.45, 2.75) is 19.9 Å². The molecule has 1 aliphatic rings. The van der Waals surface area contributed by atoms with Crippen molar-refractivity contribution in [2.24, 2.45) is 0 Å². The third-order valence-corrected chi connectivity index (χ3v) is 4.48. The lowest BCUT2D eigenvalue weighted by molar-refractivity contribution is -0.384. The van der Waals surface area contributed by atoms with Crippen molar-refractivity contribution in [3.8, 4) is 0 Å². The predicted octanol–water partition coefficient (Wildman–Crippen LogP) is 2.56. The van der Waals surface area contributed by atoms with Gasteiger partial charge in [-0.15, -0.1) is 5.10 Å².